The van der Waals surface area contributed by atoms with Crippen LogP contribution in [0.5, 0.6) is 0 Å². The number of amides is 3. The van der Waals surface area contributed by atoms with Crippen molar-refractivity contribution in [3.63, 3.8) is 0 Å². The van der Waals surface area contributed by atoms with Crippen LogP contribution in [0.3, 0.4) is 0 Å². The zero-order valence-corrected chi connectivity index (χ0v) is 24.1. The second-order valence-electron chi connectivity index (χ2n) is 9.32. The van der Waals surface area contributed by atoms with E-state index in [1.54, 1.807) is 12.1 Å². The molecule has 6 nitrogen and oxygen atoms in total. The van der Waals surface area contributed by atoms with Gasteiger partial charge >= 0.3 is 0 Å². The van der Waals surface area contributed by atoms with Crippen LogP contribution in [0, 0.1) is 23.7 Å². The highest BCUT2D eigenvalue weighted by Crippen LogP contribution is 2.60. The van der Waals surface area contributed by atoms with Crippen LogP contribution < -0.4 is 0 Å². The Morgan fingerprint density at radius 1 is 0.889 bits per heavy atom. The van der Waals surface area contributed by atoms with E-state index in [9.17, 15) is 19.2 Å². The number of hydrogen-bond donors (Lipinski definition) is 0. The molecule has 2 aromatic carbocycles. The SMILES string of the molecule is C[C@H](C(=O)c1ccc(Cl)cc1)N(C(=O)c1ccc(Cl)c(Cl)c1)N1C(=O)[C@@H]2[C@H]3C[C@@H]([C@@H](Br)[C@H]3Br)[C@H]2C1=O. The minimum absolute atomic E-state index is 0.0350. The molecule has 1 aliphatic heterocycles. The van der Waals surface area contributed by atoms with Crippen molar-refractivity contribution in [1.82, 2.24) is 10.0 Å². The quantitative estimate of drug-likeness (QED) is 0.220. The van der Waals surface area contributed by atoms with E-state index in [4.69, 9.17) is 34.8 Å². The van der Waals surface area contributed by atoms with Gasteiger partial charge in [0.1, 0.15) is 6.04 Å². The molecule has 7 atom stereocenters. The number of carbonyl (C=O) groups is 4. The van der Waals surface area contributed by atoms with Crippen LogP contribution in [0.25, 0.3) is 0 Å². The molecule has 0 N–H and O–H groups in total. The lowest BCUT2D eigenvalue weighted by atomic mass is 9.81. The molecule has 36 heavy (non-hydrogen) atoms. The van der Waals surface area contributed by atoms with E-state index in [0.29, 0.717) is 10.6 Å². The van der Waals surface area contributed by atoms with Crippen LogP contribution in [0.1, 0.15) is 34.1 Å². The highest BCUT2D eigenvalue weighted by Gasteiger charge is 2.68. The van der Waals surface area contributed by atoms with Crippen LogP contribution in [-0.4, -0.2) is 49.2 Å². The first kappa shape index (κ1) is 26.2. The van der Waals surface area contributed by atoms with Crippen molar-refractivity contribution >= 4 is 90.2 Å². The van der Waals surface area contributed by atoms with E-state index in [1.165, 1.54) is 37.3 Å². The molecular formula is C25H19Br2Cl3N2O4. The summed E-state index contributed by atoms with van der Waals surface area (Å²) in [5.41, 5.74) is 0.386. The van der Waals surface area contributed by atoms with Crippen molar-refractivity contribution in [2.45, 2.75) is 29.0 Å². The van der Waals surface area contributed by atoms with Crippen molar-refractivity contribution in [3.05, 3.63) is 68.7 Å². The molecule has 188 valence electrons. The van der Waals surface area contributed by atoms with Gasteiger partial charge in [0, 0.05) is 25.8 Å². The predicted octanol–water partition coefficient (Wildman–Crippen LogP) is 6.05. The van der Waals surface area contributed by atoms with Crippen LogP contribution in [0.15, 0.2) is 42.5 Å². The molecule has 2 bridgehead atoms. The van der Waals surface area contributed by atoms with Crippen molar-refractivity contribution in [2.24, 2.45) is 23.7 Å². The normalized spacial score (nSPS) is 29.4. The fourth-order valence-corrected chi connectivity index (χ4v) is 8.01. The van der Waals surface area contributed by atoms with E-state index < -0.39 is 41.4 Å². The van der Waals surface area contributed by atoms with E-state index in [0.717, 1.165) is 16.4 Å². The zero-order valence-electron chi connectivity index (χ0n) is 18.7. The monoisotopic (exact) mass is 674 g/mol. The molecule has 2 aliphatic carbocycles. The molecule has 3 aliphatic rings. The lowest BCUT2D eigenvalue weighted by Gasteiger charge is -2.35. The Hall–Kier alpha value is -1.45. The Balaban J connectivity index is 1.56. The maximum atomic E-state index is 13.8. The Bertz CT molecular complexity index is 1260. The molecule has 0 spiro atoms. The number of imide groups is 1. The van der Waals surface area contributed by atoms with Gasteiger partial charge in [-0.05, 0) is 67.6 Å². The Morgan fingerprint density at radius 2 is 1.42 bits per heavy atom. The molecule has 3 fully saturated rings. The molecule has 0 radical (unpaired) electrons. The first-order valence-corrected chi connectivity index (χ1v) is 14.2. The topological polar surface area (TPSA) is 74.8 Å². The third-order valence-corrected chi connectivity index (χ3v) is 11.6. The van der Waals surface area contributed by atoms with Crippen molar-refractivity contribution in [1.29, 1.82) is 0 Å². The van der Waals surface area contributed by atoms with Gasteiger partial charge < -0.3 is 0 Å². The van der Waals surface area contributed by atoms with Crippen LogP contribution in [0.4, 0.5) is 0 Å². The van der Waals surface area contributed by atoms with Crippen molar-refractivity contribution in [2.75, 3.05) is 0 Å². The van der Waals surface area contributed by atoms with Gasteiger partial charge in [0.25, 0.3) is 17.7 Å². The van der Waals surface area contributed by atoms with Crippen LogP contribution in [0.2, 0.25) is 15.1 Å². The van der Waals surface area contributed by atoms with Gasteiger partial charge in [0.2, 0.25) is 0 Å². The average Bonchev–Trinajstić information content (AvgIpc) is 3.46. The summed E-state index contributed by atoms with van der Waals surface area (Å²) in [7, 11) is 0. The highest BCUT2D eigenvalue weighted by atomic mass is 79.9. The van der Waals surface area contributed by atoms with E-state index in [2.05, 4.69) is 31.9 Å². The zero-order chi connectivity index (χ0) is 26.0. The second kappa shape index (κ2) is 9.70. The summed E-state index contributed by atoms with van der Waals surface area (Å²) in [5, 5.41) is 2.70. The number of hydrazine groups is 1. The molecule has 3 amide bonds. The summed E-state index contributed by atoms with van der Waals surface area (Å²) in [4.78, 5) is 54.9. The number of ketones is 1. The molecule has 0 unspecified atom stereocenters. The molecule has 0 aromatic heterocycles. The van der Waals surface area contributed by atoms with E-state index >= 15 is 0 Å². The van der Waals surface area contributed by atoms with Crippen LogP contribution >= 0.6 is 66.7 Å². The average molecular weight is 678 g/mol. The summed E-state index contributed by atoms with van der Waals surface area (Å²) >= 11 is 25.5. The molecule has 2 aromatic rings. The van der Waals surface area contributed by atoms with Gasteiger partial charge in [-0.15, -0.1) is 0 Å². The van der Waals surface area contributed by atoms with Crippen LogP contribution in [-0.2, 0) is 9.59 Å². The van der Waals surface area contributed by atoms with Gasteiger partial charge in [-0.25, -0.2) is 5.01 Å². The predicted molar refractivity (Wildman–Crippen MR) is 144 cm³/mol. The minimum atomic E-state index is -1.17. The Morgan fingerprint density at radius 3 is 1.94 bits per heavy atom. The third kappa shape index (κ3) is 4.04. The molecular weight excluding hydrogens is 658 g/mol. The lowest BCUT2D eigenvalue weighted by Crippen LogP contribution is -2.57. The number of fused-ring (bicyclic) bond motifs is 5. The molecule has 11 heteroatoms. The number of Topliss-reactive ketones (excluding diaryl/α,β-unsaturated/α-hetero) is 1. The summed E-state index contributed by atoms with van der Waals surface area (Å²) in [5.74, 6) is -3.29. The maximum Gasteiger partial charge on any atom is 0.273 e. The molecule has 5 rings (SSSR count). The standard InChI is InChI=1S/C25H19Br2Cl3N2O4/c1-10(22(33)11-2-5-13(28)6-3-11)31(23(34)12-4-7-16(29)17(30)8-12)32-24(35)18-14-9-15(19(18)25(32)36)21(27)20(14)26/h2-8,10,14-15,18-21H,9H2,1H3/t10-,14-,15-,18-,19-,20-,21+/m1/s1. The number of halogens is 5. The summed E-state index contributed by atoms with van der Waals surface area (Å²) in [6, 6.07) is 9.29. The van der Waals surface area contributed by atoms with Gasteiger partial charge in [-0.1, -0.05) is 66.7 Å². The van der Waals surface area contributed by atoms with Crippen molar-refractivity contribution < 1.29 is 19.2 Å². The summed E-state index contributed by atoms with van der Waals surface area (Å²) in [6.07, 6.45) is 0.743. The molecule has 2 saturated carbocycles. The maximum absolute atomic E-state index is 13.8. The smallest absolute Gasteiger partial charge is 0.273 e. The molecule has 1 heterocycles. The number of carbonyl (C=O) groups excluding carboxylic acids is 4. The molecule has 1 saturated heterocycles. The second-order valence-corrected chi connectivity index (χ2v) is 12.7. The summed E-state index contributed by atoms with van der Waals surface area (Å²) in [6.45, 7) is 1.50. The Kier molecular flexibility index (Phi) is 7.05. The number of hydrogen-bond acceptors (Lipinski definition) is 4. The van der Waals surface area contributed by atoms with Crippen molar-refractivity contribution in [3.8, 4) is 0 Å². The number of alkyl halides is 2. The number of nitrogens with zero attached hydrogens (tertiary/aromatic N) is 2. The minimum Gasteiger partial charge on any atom is -0.292 e. The van der Waals surface area contributed by atoms with E-state index in [1.807, 2.05) is 0 Å². The first-order valence-electron chi connectivity index (χ1n) is 11.3. The summed E-state index contributed by atoms with van der Waals surface area (Å²) < 4.78 is 0. The van der Waals surface area contributed by atoms with Gasteiger partial charge in [-0.2, -0.15) is 5.01 Å². The van der Waals surface area contributed by atoms with Gasteiger partial charge in [0.05, 0.1) is 21.9 Å². The first-order chi connectivity index (χ1) is 17.0. The third-order valence-electron chi connectivity index (χ3n) is 7.43. The number of benzene rings is 2. The highest BCUT2D eigenvalue weighted by molar-refractivity contribution is 9.12. The Labute approximate surface area is 239 Å². The lowest BCUT2D eigenvalue weighted by molar-refractivity contribution is -0.157. The number of rotatable bonds is 5. The fraction of sp³-hybridized carbons (Fsp3) is 0.360. The van der Waals surface area contributed by atoms with Gasteiger partial charge in [0.15, 0.2) is 5.78 Å². The van der Waals surface area contributed by atoms with Gasteiger partial charge in [-0.3, -0.25) is 19.2 Å². The fourth-order valence-electron chi connectivity index (χ4n) is 5.71. The largest absolute Gasteiger partial charge is 0.292 e. The van der Waals surface area contributed by atoms with E-state index in [-0.39, 0.29) is 37.1 Å².